The molecule has 1 aromatic heterocycles. The lowest BCUT2D eigenvalue weighted by Crippen LogP contribution is -2.20. The smallest absolute Gasteiger partial charge is 0.0947 e. The average Bonchev–Trinajstić information content (AvgIpc) is 3.01. The highest BCUT2D eigenvalue weighted by molar-refractivity contribution is 5.04. The quantitative estimate of drug-likeness (QED) is 0.769. The molecule has 2 saturated carbocycles. The molecular formula is C14H21NO. The van der Waals surface area contributed by atoms with E-state index < -0.39 is 0 Å². The molecule has 1 aromatic rings. The molecule has 2 aliphatic rings. The maximum Gasteiger partial charge on any atom is 0.0947 e. The molecule has 0 spiro atoms. The van der Waals surface area contributed by atoms with Crippen LogP contribution in [0.5, 0.6) is 0 Å². The van der Waals surface area contributed by atoms with Crippen molar-refractivity contribution < 1.29 is 4.42 Å². The first-order valence-corrected chi connectivity index (χ1v) is 6.63. The number of rotatable bonds is 5. The Hall–Kier alpha value is -0.760. The highest BCUT2D eigenvalue weighted by Gasteiger charge is 2.38. The zero-order valence-corrected chi connectivity index (χ0v) is 9.82. The van der Waals surface area contributed by atoms with Crippen LogP contribution >= 0.6 is 0 Å². The van der Waals surface area contributed by atoms with Gasteiger partial charge in [0.2, 0.25) is 0 Å². The Labute approximate surface area is 97.4 Å². The minimum atomic E-state index is 0.956. The fourth-order valence-electron chi connectivity index (χ4n) is 3.64. The largest absolute Gasteiger partial charge is 0.472 e. The lowest BCUT2D eigenvalue weighted by atomic mass is 9.86. The van der Waals surface area contributed by atoms with Gasteiger partial charge in [0.25, 0.3) is 0 Å². The molecule has 1 heterocycles. The maximum absolute atomic E-state index is 5.05. The molecule has 16 heavy (non-hydrogen) atoms. The summed E-state index contributed by atoms with van der Waals surface area (Å²) in [6.45, 7) is 2.12. The van der Waals surface area contributed by atoms with Crippen LogP contribution < -0.4 is 5.32 Å². The topological polar surface area (TPSA) is 25.2 Å². The zero-order valence-electron chi connectivity index (χ0n) is 9.82. The third kappa shape index (κ3) is 2.17. The fraction of sp³-hybridized carbons (Fsp3) is 0.714. The van der Waals surface area contributed by atoms with Crippen molar-refractivity contribution in [2.75, 3.05) is 6.54 Å². The van der Waals surface area contributed by atoms with Crippen molar-refractivity contribution in [2.45, 2.75) is 38.6 Å². The molecule has 2 nitrogen and oxygen atoms in total. The van der Waals surface area contributed by atoms with Gasteiger partial charge in [0.05, 0.1) is 12.5 Å². The Morgan fingerprint density at radius 3 is 3.00 bits per heavy atom. The van der Waals surface area contributed by atoms with Gasteiger partial charge >= 0.3 is 0 Å². The predicted molar refractivity (Wildman–Crippen MR) is 64.0 cm³/mol. The van der Waals surface area contributed by atoms with Gasteiger partial charge in [0, 0.05) is 12.1 Å². The van der Waals surface area contributed by atoms with E-state index in [0.717, 1.165) is 24.3 Å². The van der Waals surface area contributed by atoms with Crippen LogP contribution in [0.2, 0.25) is 0 Å². The Balaban J connectivity index is 1.35. The molecule has 3 atom stereocenters. The molecule has 0 aromatic carbocycles. The predicted octanol–water partition coefficient (Wildman–Crippen LogP) is 3.20. The molecule has 3 unspecified atom stereocenters. The van der Waals surface area contributed by atoms with E-state index in [2.05, 4.69) is 5.32 Å². The molecule has 0 saturated heterocycles. The van der Waals surface area contributed by atoms with Gasteiger partial charge < -0.3 is 9.73 Å². The molecule has 2 fully saturated rings. The molecule has 1 N–H and O–H groups in total. The van der Waals surface area contributed by atoms with Crippen molar-refractivity contribution in [3.05, 3.63) is 24.2 Å². The maximum atomic E-state index is 5.05. The first kappa shape index (κ1) is 10.4. The fourth-order valence-corrected chi connectivity index (χ4v) is 3.64. The number of nitrogens with one attached hydrogen (secondary N) is 1. The molecule has 2 bridgehead atoms. The minimum absolute atomic E-state index is 0.956. The average molecular weight is 219 g/mol. The summed E-state index contributed by atoms with van der Waals surface area (Å²) in [6.07, 6.45) is 11.0. The van der Waals surface area contributed by atoms with Crippen molar-refractivity contribution in [1.29, 1.82) is 0 Å². The Kier molecular flexibility index (Phi) is 3.00. The summed E-state index contributed by atoms with van der Waals surface area (Å²) in [7, 11) is 0. The van der Waals surface area contributed by atoms with E-state index in [1.54, 1.807) is 6.26 Å². The van der Waals surface area contributed by atoms with Gasteiger partial charge in [-0.2, -0.15) is 0 Å². The highest BCUT2D eigenvalue weighted by Crippen LogP contribution is 2.49. The summed E-state index contributed by atoms with van der Waals surface area (Å²) < 4.78 is 5.05. The van der Waals surface area contributed by atoms with Crippen molar-refractivity contribution in [1.82, 2.24) is 5.32 Å². The number of hydrogen-bond donors (Lipinski definition) is 1. The standard InChI is InChI=1S/C14H21NO/c1-2-13-7-11(1)8-14(13)3-5-15-9-12-4-6-16-10-12/h4,6,10-11,13-15H,1-3,5,7-9H2. The van der Waals surface area contributed by atoms with E-state index in [1.165, 1.54) is 44.2 Å². The molecule has 2 aliphatic carbocycles. The molecule has 0 radical (unpaired) electrons. The molecule has 2 heteroatoms. The molecule has 3 rings (SSSR count). The Bertz CT molecular complexity index is 319. The van der Waals surface area contributed by atoms with Gasteiger partial charge in [0.15, 0.2) is 0 Å². The highest BCUT2D eigenvalue weighted by atomic mass is 16.3. The van der Waals surface area contributed by atoms with Crippen LogP contribution in [0.25, 0.3) is 0 Å². The minimum Gasteiger partial charge on any atom is -0.472 e. The summed E-state index contributed by atoms with van der Waals surface area (Å²) in [5.41, 5.74) is 1.26. The molecule has 0 aliphatic heterocycles. The van der Waals surface area contributed by atoms with E-state index in [-0.39, 0.29) is 0 Å². The summed E-state index contributed by atoms with van der Waals surface area (Å²) in [6, 6.07) is 2.03. The van der Waals surface area contributed by atoms with Crippen LogP contribution in [-0.4, -0.2) is 6.54 Å². The normalized spacial score (nSPS) is 32.4. The van der Waals surface area contributed by atoms with Crippen LogP contribution in [0.1, 0.15) is 37.7 Å². The van der Waals surface area contributed by atoms with E-state index >= 15 is 0 Å². The first-order chi connectivity index (χ1) is 7.92. The number of furan rings is 1. The lowest BCUT2D eigenvalue weighted by Gasteiger charge is -2.21. The van der Waals surface area contributed by atoms with Crippen molar-refractivity contribution >= 4 is 0 Å². The van der Waals surface area contributed by atoms with Crippen molar-refractivity contribution in [3.63, 3.8) is 0 Å². The SMILES string of the molecule is c1cc(CNCCC2CC3CCC2C3)co1. The third-order valence-electron chi connectivity index (χ3n) is 4.49. The van der Waals surface area contributed by atoms with Gasteiger partial charge in [-0.3, -0.25) is 0 Å². The first-order valence-electron chi connectivity index (χ1n) is 6.63. The van der Waals surface area contributed by atoms with Gasteiger partial charge in [-0.1, -0.05) is 6.42 Å². The van der Waals surface area contributed by atoms with E-state index in [4.69, 9.17) is 4.42 Å². The van der Waals surface area contributed by atoms with E-state index in [9.17, 15) is 0 Å². The summed E-state index contributed by atoms with van der Waals surface area (Å²) >= 11 is 0. The second kappa shape index (κ2) is 4.62. The second-order valence-electron chi connectivity index (χ2n) is 5.53. The Morgan fingerprint density at radius 1 is 1.31 bits per heavy atom. The lowest BCUT2D eigenvalue weighted by molar-refractivity contribution is 0.310. The van der Waals surface area contributed by atoms with Crippen LogP contribution in [0, 0.1) is 17.8 Å². The van der Waals surface area contributed by atoms with Crippen LogP contribution in [-0.2, 0) is 6.54 Å². The van der Waals surface area contributed by atoms with Gasteiger partial charge in [-0.05, 0) is 56.0 Å². The van der Waals surface area contributed by atoms with Gasteiger partial charge in [-0.15, -0.1) is 0 Å². The van der Waals surface area contributed by atoms with Crippen molar-refractivity contribution in [2.24, 2.45) is 17.8 Å². The van der Waals surface area contributed by atoms with Crippen LogP contribution in [0.4, 0.5) is 0 Å². The van der Waals surface area contributed by atoms with E-state index in [1.807, 2.05) is 12.3 Å². The number of hydrogen-bond acceptors (Lipinski definition) is 2. The van der Waals surface area contributed by atoms with Crippen LogP contribution in [0.3, 0.4) is 0 Å². The monoisotopic (exact) mass is 219 g/mol. The summed E-state index contributed by atoms with van der Waals surface area (Å²) in [4.78, 5) is 0. The number of fused-ring (bicyclic) bond motifs is 2. The third-order valence-corrected chi connectivity index (χ3v) is 4.49. The van der Waals surface area contributed by atoms with Gasteiger partial charge in [0.1, 0.15) is 0 Å². The van der Waals surface area contributed by atoms with Gasteiger partial charge in [-0.25, -0.2) is 0 Å². The zero-order chi connectivity index (χ0) is 10.8. The molecule has 88 valence electrons. The van der Waals surface area contributed by atoms with Crippen molar-refractivity contribution in [3.8, 4) is 0 Å². The van der Waals surface area contributed by atoms with Crippen LogP contribution in [0.15, 0.2) is 23.0 Å². The second-order valence-corrected chi connectivity index (χ2v) is 5.53. The Morgan fingerprint density at radius 2 is 2.31 bits per heavy atom. The molecular weight excluding hydrogens is 198 g/mol. The summed E-state index contributed by atoms with van der Waals surface area (Å²) in [5.74, 6) is 3.18. The van der Waals surface area contributed by atoms with E-state index in [0.29, 0.717) is 0 Å². The molecule has 0 amide bonds. The summed E-state index contributed by atoms with van der Waals surface area (Å²) in [5, 5.41) is 3.51.